The Hall–Kier alpha value is -3.95. The molecule has 1 aliphatic carbocycles. The van der Waals surface area contributed by atoms with E-state index in [1.807, 2.05) is 0 Å². The largest absolute Gasteiger partial charge is 0.496 e. The summed E-state index contributed by atoms with van der Waals surface area (Å²) in [4.78, 5) is 29.6. The number of nitrogens with zero attached hydrogens (tertiary/aromatic N) is 2. The maximum Gasteiger partial charge on any atom is 0.433 e. The first-order valence-corrected chi connectivity index (χ1v) is 15.9. The van der Waals surface area contributed by atoms with E-state index in [0.29, 0.717) is 55.1 Å². The topological polar surface area (TPSA) is 79.7 Å². The molecule has 1 amide bonds. The standard InChI is InChI=1S/C33H29F9N2O4S/c1-16-28(20-11-21(31(34,35)36)14-22(12-20)32(37,38)39)49-30(47)44(16)15-25-23(8-10-27(43-25)33(40,41)42)24-13-19(7-9-26(24)48-2)17-3-5-18(6-4-17)29(45)46/h7-14,16-18,28H,3-6,15H2,1-2H3,(H,45,46). The number of benzene rings is 2. The van der Waals surface area contributed by atoms with Gasteiger partial charge in [-0.1, -0.05) is 23.9 Å². The molecule has 1 aliphatic heterocycles. The summed E-state index contributed by atoms with van der Waals surface area (Å²) in [6, 6.07) is 7.05. The smallest absolute Gasteiger partial charge is 0.433 e. The van der Waals surface area contributed by atoms with Crippen LogP contribution in [0.25, 0.3) is 11.1 Å². The number of carboxylic acids is 1. The lowest BCUT2D eigenvalue weighted by atomic mass is 9.78. The van der Waals surface area contributed by atoms with Crippen LogP contribution in [0.4, 0.5) is 44.3 Å². The molecular weight excluding hydrogens is 691 g/mol. The van der Waals surface area contributed by atoms with Crippen LogP contribution in [-0.4, -0.2) is 39.4 Å². The van der Waals surface area contributed by atoms with Crippen molar-refractivity contribution >= 4 is 23.0 Å². The van der Waals surface area contributed by atoms with E-state index in [2.05, 4.69) is 4.98 Å². The second kappa shape index (κ2) is 13.4. The van der Waals surface area contributed by atoms with Crippen molar-refractivity contribution in [3.8, 4) is 16.9 Å². The van der Waals surface area contributed by atoms with Crippen LogP contribution < -0.4 is 4.74 Å². The summed E-state index contributed by atoms with van der Waals surface area (Å²) < 4.78 is 129. The number of carboxylic acid groups (broad SMARTS) is 1. The minimum atomic E-state index is -5.12. The molecule has 2 aliphatic rings. The molecule has 6 nitrogen and oxygen atoms in total. The normalized spacial score (nSPS) is 22.0. The van der Waals surface area contributed by atoms with Gasteiger partial charge in [0.05, 0.1) is 41.6 Å². The molecule has 16 heteroatoms. The molecule has 3 aromatic rings. The molecule has 1 aromatic heterocycles. The van der Waals surface area contributed by atoms with E-state index < -0.39 is 75.9 Å². The second-order valence-electron chi connectivity index (χ2n) is 12.0. The number of thioether (sulfide) groups is 1. The van der Waals surface area contributed by atoms with Crippen molar-refractivity contribution < 1.29 is 58.9 Å². The van der Waals surface area contributed by atoms with Crippen LogP contribution in [0.15, 0.2) is 48.5 Å². The highest BCUT2D eigenvalue weighted by molar-refractivity contribution is 8.14. The quantitative estimate of drug-likeness (QED) is 0.245. The highest BCUT2D eigenvalue weighted by Crippen LogP contribution is 2.48. The van der Waals surface area contributed by atoms with Gasteiger partial charge in [0.2, 0.25) is 0 Å². The van der Waals surface area contributed by atoms with Gasteiger partial charge in [0.1, 0.15) is 11.4 Å². The van der Waals surface area contributed by atoms with E-state index in [-0.39, 0.29) is 29.0 Å². The van der Waals surface area contributed by atoms with Crippen LogP contribution in [0.1, 0.15) is 77.4 Å². The number of hydrogen-bond acceptors (Lipinski definition) is 5. The molecule has 0 radical (unpaired) electrons. The third kappa shape index (κ3) is 7.78. The van der Waals surface area contributed by atoms with E-state index in [0.717, 1.165) is 16.5 Å². The lowest BCUT2D eigenvalue weighted by molar-refractivity contribution is -0.144. The van der Waals surface area contributed by atoms with Crippen molar-refractivity contribution in [2.45, 2.75) is 74.9 Å². The Morgan fingerprint density at radius 3 is 2.00 bits per heavy atom. The molecule has 2 atom stereocenters. The van der Waals surface area contributed by atoms with Gasteiger partial charge in [-0.3, -0.25) is 9.59 Å². The molecule has 0 spiro atoms. The van der Waals surface area contributed by atoms with Crippen molar-refractivity contribution in [3.63, 3.8) is 0 Å². The third-order valence-electron chi connectivity index (χ3n) is 8.98. The van der Waals surface area contributed by atoms with Crippen LogP contribution >= 0.6 is 11.8 Å². The lowest BCUT2D eigenvalue weighted by Crippen LogP contribution is -2.32. The molecule has 0 bridgehead atoms. The monoisotopic (exact) mass is 720 g/mol. The minimum absolute atomic E-state index is 0.0223. The Bertz CT molecular complexity index is 1700. The van der Waals surface area contributed by atoms with Crippen molar-refractivity contribution in [1.29, 1.82) is 0 Å². The second-order valence-corrected chi connectivity index (χ2v) is 13.1. The Balaban J connectivity index is 1.53. The fourth-order valence-electron chi connectivity index (χ4n) is 6.35. The molecule has 2 fully saturated rings. The summed E-state index contributed by atoms with van der Waals surface area (Å²) >= 11 is 0.471. The summed E-state index contributed by atoms with van der Waals surface area (Å²) in [6.45, 7) is 0.836. The van der Waals surface area contributed by atoms with Crippen molar-refractivity contribution in [1.82, 2.24) is 9.88 Å². The molecule has 1 saturated heterocycles. The average Bonchev–Trinajstić information content (AvgIpc) is 3.31. The fourth-order valence-corrected chi connectivity index (χ4v) is 7.55. The van der Waals surface area contributed by atoms with Gasteiger partial charge in [-0.05, 0) is 86.1 Å². The Kier molecular flexibility index (Phi) is 9.94. The zero-order chi connectivity index (χ0) is 36.1. The Morgan fingerprint density at radius 1 is 0.857 bits per heavy atom. The SMILES string of the molecule is COc1ccc(C2CCC(C(=O)O)CC2)cc1-c1ccc(C(F)(F)F)nc1CN1C(=O)SC(c2cc(C(F)(F)F)cc(C(F)(F)F)c2)C1C. The van der Waals surface area contributed by atoms with Crippen LogP contribution in [0.3, 0.4) is 0 Å². The summed E-state index contributed by atoms with van der Waals surface area (Å²) in [5.41, 5.74) is -3.73. The number of aromatic nitrogens is 1. The predicted molar refractivity (Wildman–Crippen MR) is 161 cm³/mol. The minimum Gasteiger partial charge on any atom is -0.496 e. The number of rotatable bonds is 7. The predicted octanol–water partition coefficient (Wildman–Crippen LogP) is 9.97. The first-order valence-electron chi connectivity index (χ1n) is 15.0. The van der Waals surface area contributed by atoms with E-state index in [9.17, 15) is 54.2 Å². The van der Waals surface area contributed by atoms with Gasteiger partial charge in [-0.25, -0.2) is 4.98 Å². The number of carbonyl (C=O) groups is 2. The Labute approximate surface area is 278 Å². The molecule has 1 N–H and O–H groups in total. The number of amides is 1. The average molecular weight is 721 g/mol. The van der Waals surface area contributed by atoms with Gasteiger partial charge in [-0.15, -0.1) is 0 Å². The first-order chi connectivity index (χ1) is 22.8. The number of alkyl halides is 9. The summed E-state index contributed by atoms with van der Waals surface area (Å²) in [6.07, 6.45) is -13.1. The lowest BCUT2D eigenvalue weighted by Gasteiger charge is -2.28. The highest BCUT2D eigenvalue weighted by Gasteiger charge is 2.43. The van der Waals surface area contributed by atoms with Crippen molar-refractivity contribution in [2.75, 3.05) is 7.11 Å². The molecule has 264 valence electrons. The molecule has 1 saturated carbocycles. The van der Waals surface area contributed by atoms with Crippen LogP contribution in [-0.2, 0) is 29.9 Å². The Morgan fingerprint density at radius 2 is 1.47 bits per heavy atom. The summed E-state index contributed by atoms with van der Waals surface area (Å²) in [7, 11) is 1.35. The van der Waals surface area contributed by atoms with Crippen LogP contribution in [0.2, 0.25) is 0 Å². The zero-order valence-corrected chi connectivity index (χ0v) is 26.7. The van der Waals surface area contributed by atoms with Gasteiger partial charge in [-0.2, -0.15) is 39.5 Å². The zero-order valence-electron chi connectivity index (χ0n) is 25.8. The summed E-state index contributed by atoms with van der Waals surface area (Å²) in [5, 5.41) is 7.38. The van der Waals surface area contributed by atoms with E-state index in [1.165, 1.54) is 20.1 Å². The molecule has 2 unspecified atom stereocenters. The molecule has 5 rings (SSSR count). The van der Waals surface area contributed by atoms with Gasteiger partial charge in [0, 0.05) is 17.2 Å². The van der Waals surface area contributed by atoms with Gasteiger partial charge in [0.15, 0.2) is 0 Å². The number of pyridine rings is 1. The maximum atomic E-state index is 13.9. The van der Waals surface area contributed by atoms with Crippen LogP contribution in [0.5, 0.6) is 5.75 Å². The molecule has 2 aromatic carbocycles. The third-order valence-corrected chi connectivity index (χ3v) is 10.3. The van der Waals surface area contributed by atoms with E-state index >= 15 is 0 Å². The fraction of sp³-hybridized carbons (Fsp3) is 0.424. The van der Waals surface area contributed by atoms with Crippen molar-refractivity contribution in [2.24, 2.45) is 5.92 Å². The first kappa shape index (κ1) is 36.3. The molecule has 2 heterocycles. The number of methoxy groups -OCH3 is 1. The molecular formula is C33H29F9N2O4S. The van der Waals surface area contributed by atoms with Gasteiger partial charge < -0.3 is 14.7 Å². The number of carbonyl (C=O) groups excluding carboxylic acids is 1. The van der Waals surface area contributed by atoms with Gasteiger partial charge in [0.25, 0.3) is 5.24 Å². The number of aliphatic carboxylic acids is 1. The highest BCUT2D eigenvalue weighted by atomic mass is 32.2. The van der Waals surface area contributed by atoms with E-state index in [4.69, 9.17) is 4.74 Å². The number of hydrogen-bond donors (Lipinski definition) is 1. The van der Waals surface area contributed by atoms with Gasteiger partial charge >= 0.3 is 24.5 Å². The van der Waals surface area contributed by atoms with Crippen LogP contribution in [0, 0.1) is 5.92 Å². The summed E-state index contributed by atoms with van der Waals surface area (Å²) in [5.74, 6) is -1.13. The number of ether oxygens (including phenoxy) is 1. The number of halogens is 9. The van der Waals surface area contributed by atoms with E-state index in [1.54, 1.807) is 18.2 Å². The molecule has 49 heavy (non-hydrogen) atoms. The maximum absolute atomic E-state index is 13.9. The van der Waals surface area contributed by atoms with Crippen molar-refractivity contribution in [3.05, 3.63) is 82.2 Å².